The van der Waals surface area contributed by atoms with Crippen molar-refractivity contribution in [2.75, 3.05) is 13.2 Å². The lowest BCUT2D eigenvalue weighted by molar-refractivity contribution is -0.151. The topological polar surface area (TPSA) is 72.8 Å². The summed E-state index contributed by atoms with van der Waals surface area (Å²) in [5.74, 6) is -0.604. The van der Waals surface area contributed by atoms with Crippen LogP contribution in [0.4, 0.5) is 0 Å². The van der Waals surface area contributed by atoms with Crippen molar-refractivity contribution >= 4 is 18.5 Å². The number of rotatable bonds is 7. The molecule has 1 atom stereocenters. The van der Waals surface area contributed by atoms with Crippen LogP contribution < -0.4 is 0 Å². The highest BCUT2D eigenvalue weighted by molar-refractivity contribution is 5.87. The quantitative estimate of drug-likeness (QED) is 0.440. The zero-order chi connectivity index (χ0) is 13.2. The number of hydrogen-bond donors (Lipinski definition) is 1. The number of carbonyl (C=O) groups is 2. The Bertz CT molecular complexity index is 399. The van der Waals surface area contributed by atoms with Gasteiger partial charge in [0.15, 0.2) is 6.10 Å². The molecule has 1 unspecified atom stereocenters. The van der Waals surface area contributed by atoms with Crippen molar-refractivity contribution in [1.82, 2.24) is 0 Å². The fraction of sp³-hybridized carbons (Fsp3) is 0.231. The predicted octanol–water partition coefficient (Wildman–Crippen LogP) is 0.777. The summed E-state index contributed by atoms with van der Waals surface area (Å²) in [7, 11) is 0. The summed E-state index contributed by atoms with van der Waals surface area (Å²) in [5.41, 5.74) is 0.860. The molecule has 0 radical (unpaired) electrons. The number of benzene rings is 1. The van der Waals surface area contributed by atoms with Gasteiger partial charge < -0.3 is 14.6 Å². The van der Waals surface area contributed by atoms with E-state index in [0.717, 1.165) is 5.56 Å². The monoisotopic (exact) mass is 250 g/mol. The molecule has 0 aliphatic heterocycles. The van der Waals surface area contributed by atoms with Crippen molar-refractivity contribution in [2.24, 2.45) is 0 Å². The van der Waals surface area contributed by atoms with E-state index in [9.17, 15) is 9.59 Å². The van der Waals surface area contributed by atoms with Gasteiger partial charge in [0.2, 0.25) is 0 Å². The minimum absolute atomic E-state index is 0.162. The van der Waals surface area contributed by atoms with E-state index in [1.165, 1.54) is 6.08 Å². The van der Waals surface area contributed by atoms with Crippen LogP contribution in [0.2, 0.25) is 0 Å². The van der Waals surface area contributed by atoms with Crippen LogP contribution in [-0.2, 0) is 19.1 Å². The summed E-state index contributed by atoms with van der Waals surface area (Å²) in [5, 5.41) is 8.89. The summed E-state index contributed by atoms with van der Waals surface area (Å²) in [6, 6.07) is 9.23. The molecule has 0 bridgehead atoms. The third kappa shape index (κ3) is 5.27. The molecule has 96 valence electrons. The Balaban J connectivity index is 2.45. The average molecular weight is 250 g/mol. The first-order valence-corrected chi connectivity index (χ1v) is 5.36. The average Bonchev–Trinajstić information content (AvgIpc) is 2.42. The molecule has 1 rings (SSSR count). The maximum Gasteiger partial charge on any atom is 0.331 e. The van der Waals surface area contributed by atoms with Crippen LogP contribution in [0.15, 0.2) is 36.4 Å². The van der Waals surface area contributed by atoms with Crippen LogP contribution >= 0.6 is 0 Å². The fourth-order valence-corrected chi connectivity index (χ4v) is 1.20. The SMILES string of the molecule is O=COCC(CO)OC(=O)/C=C/c1ccccc1. The lowest BCUT2D eigenvalue weighted by atomic mass is 10.2. The summed E-state index contributed by atoms with van der Waals surface area (Å²) in [6.07, 6.45) is 2.00. The van der Waals surface area contributed by atoms with Crippen molar-refractivity contribution in [3.8, 4) is 0 Å². The standard InChI is InChI=1S/C13H14O5/c14-8-12(9-17-10-15)18-13(16)7-6-11-4-2-1-3-5-11/h1-7,10,12,14H,8-9H2/b7-6+. The molecule has 1 aromatic rings. The summed E-state index contributed by atoms with van der Waals surface area (Å²) in [4.78, 5) is 21.3. The minimum Gasteiger partial charge on any atom is -0.464 e. The molecule has 5 nitrogen and oxygen atoms in total. The highest BCUT2D eigenvalue weighted by Gasteiger charge is 2.11. The molecule has 0 aromatic heterocycles. The highest BCUT2D eigenvalue weighted by Crippen LogP contribution is 2.02. The van der Waals surface area contributed by atoms with Crippen LogP contribution in [0.25, 0.3) is 6.08 Å². The molecule has 0 amide bonds. The minimum atomic E-state index is -0.844. The molecular weight excluding hydrogens is 236 g/mol. The Labute approximate surface area is 105 Å². The second kappa shape index (κ2) is 8.03. The number of hydrogen-bond acceptors (Lipinski definition) is 5. The third-order valence-corrected chi connectivity index (χ3v) is 2.05. The molecule has 0 saturated carbocycles. The molecule has 0 fully saturated rings. The van der Waals surface area contributed by atoms with Crippen molar-refractivity contribution in [2.45, 2.75) is 6.10 Å². The van der Waals surface area contributed by atoms with Gasteiger partial charge in [-0.05, 0) is 11.6 Å². The highest BCUT2D eigenvalue weighted by atomic mass is 16.6. The Kier molecular flexibility index (Phi) is 6.21. The van der Waals surface area contributed by atoms with Gasteiger partial charge in [0.1, 0.15) is 6.61 Å². The van der Waals surface area contributed by atoms with Gasteiger partial charge in [0.05, 0.1) is 6.61 Å². The molecule has 18 heavy (non-hydrogen) atoms. The second-order valence-corrected chi connectivity index (χ2v) is 3.42. The number of ether oxygens (including phenoxy) is 2. The van der Waals surface area contributed by atoms with E-state index in [1.807, 2.05) is 30.3 Å². The van der Waals surface area contributed by atoms with E-state index in [-0.39, 0.29) is 13.1 Å². The number of carbonyl (C=O) groups excluding carboxylic acids is 2. The summed E-state index contributed by atoms with van der Waals surface area (Å²) < 4.78 is 9.27. The van der Waals surface area contributed by atoms with E-state index >= 15 is 0 Å². The fourth-order valence-electron chi connectivity index (χ4n) is 1.20. The largest absolute Gasteiger partial charge is 0.464 e. The molecule has 0 spiro atoms. The Hall–Kier alpha value is -2.14. The van der Waals surface area contributed by atoms with Crippen LogP contribution in [0.3, 0.4) is 0 Å². The maximum atomic E-state index is 11.4. The van der Waals surface area contributed by atoms with Crippen LogP contribution in [0.1, 0.15) is 5.56 Å². The van der Waals surface area contributed by atoms with E-state index in [0.29, 0.717) is 0 Å². The molecule has 5 heteroatoms. The zero-order valence-electron chi connectivity index (χ0n) is 9.69. The van der Waals surface area contributed by atoms with Crippen molar-refractivity contribution in [3.63, 3.8) is 0 Å². The predicted molar refractivity (Wildman–Crippen MR) is 64.5 cm³/mol. The number of aliphatic hydroxyl groups is 1. The van der Waals surface area contributed by atoms with Gasteiger partial charge in [-0.2, -0.15) is 0 Å². The van der Waals surface area contributed by atoms with Gasteiger partial charge in [-0.3, -0.25) is 4.79 Å². The maximum absolute atomic E-state index is 11.4. The molecule has 1 N–H and O–H groups in total. The van der Waals surface area contributed by atoms with Gasteiger partial charge in [0.25, 0.3) is 6.47 Å². The van der Waals surface area contributed by atoms with Gasteiger partial charge in [-0.15, -0.1) is 0 Å². The molecule has 0 saturated heterocycles. The lowest BCUT2D eigenvalue weighted by Gasteiger charge is -2.12. The molecule has 0 heterocycles. The normalized spacial score (nSPS) is 12.1. The zero-order valence-corrected chi connectivity index (χ0v) is 9.69. The van der Waals surface area contributed by atoms with E-state index < -0.39 is 18.7 Å². The van der Waals surface area contributed by atoms with Gasteiger partial charge in [-0.25, -0.2) is 4.79 Å². The van der Waals surface area contributed by atoms with Gasteiger partial charge in [0, 0.05) is 6.08 Å². The lowest BCUT2D eigenvalue weighted by Crippen LogP contribution is -2.26. The van der Waals surface area contributed by atoms with Crippen LogP contribution in [0, 0.1) is 0 Å². The Morgan fingerprint density at radius 3 is 2.67 bits per heavy atom. The summed E-state index contributed by atoms with van der Waals surface area (Å²) >= 11 is 0. The van der Waals surface area contributed by atoms with Crippen molar-refractivity contribution in [3.05, 3.63) is 42.0 Å². The van der Waals surface area contributed by atoms with E-state index in [2.05, 4.69) is 4.74 Å². The summed E-state index contributed by atoms with van der Waals surface area (Å²) in [6.45, 7) is -0.333. The first-order chi connectivity index (χ1) is 8.76. The number of esters is 1. The first-order valence-electron chi connectivity index (χ1n) is 5.36. The van der Waals surface area contributed by atoms with Crippen LogP contribution in [0.5, 0.6) is 0 Å². The van der Waals surface area contributed by atoms with E-state index in [4.69, 9.17) is 9.84 Å². The van der Waals surface area contributed by atoms with Crippen molar-refractivity contribution < 1.29 is 24.2 Å². The third-order valence-electron chi connectivity index (χ3n) is 2.05. The van der Waals surface area contributed by atoms with Gasteiger partial charge in [-0.1, -0.05) is 30.3 Å². The molecule has 0 aliphatic rings. The van der Waals surface area contributed by atoms with Crippen LogP contribution in [-0.4, -0.2) is 36.9 Å². The van der Waals surface area contributed by atoms with Crippen molar-refractivity contribution in [1.29, 1.82) is 0 Å². The Morgan fingerprint density at radius 1 is 1.33 bits per heavy atom. The smallest absolute Gasteiger partial charge is 0.331 e. The Morgan fingerprint density at radius 2 is 2.06 bits per heavy atom. The molecular formula is C13H14O5. The van der Waals surface area contributed by atoms with Gasteiger partial charge >= 0.3 is 5.97 Å². The number of aliphatic hydroxyl groups excluding tert-OH is 1. The first kappa shape index (κ1) is 13.9. The molecule has 0 aliphatic carbocycles. The second-order valence-electron chi connectivity index (χ2n) is 3.42. The molecule has 1 aromatic carbocycles. The van der Waals surface area contributed by atoms with E-state index in [1.54, 1.807) is 6.08 Å².